The fraction of sp³-hybridized carbons (Fsp3) is 0.350. The van der Waals surface area contributed by atoms with Crippen LogP contribution in [0.25, 0.3) is 22.3 Å². The zero-order valence-electron chi connectivity index (χ0n) is 13.6. The summed E-state index contributed by atoms with van der Waals surface area (Å²) in [6.45, 7) is 0. The molecule has 2 aromatic heterocycles. The van der Waals surface area contributed by atoms with Gasteiger partial charge in [0.1, 0.15) is 0 Å². The van der Waals surface area contributed by atoms with Crippen molar-refractivity contribution in [1.29, 1.82) is 0 Å². The number of nitrogens with zero attached hydrogens (tertiary/aromatic N) is 1. The monoisotopic (exact) mass is 322 g/mol. The Kier molecular flexibility index (Phi) is 4.13. The van der Waals surface area contributed by atoms with Gasteiger partial charge in [0.15, 0.2) is 0 Å². The van der Waals surface area contributed by atoms with E-state index < -0.39 is 0 Å². The lowest BCUT2D eigenvalue weighted by Crippen LogP contribution is -2.04. The highest BCUT2D eigenvalue weighted by Gasteiger charge is 2.15. The molecule has 0 saturated heterocycles. The minimum Gasteiger partial charge on any atom is -0.353 e. The number of hydrogen-bond acceptors (Lipinski definition) is 2. The summed E-state index contributed by atoms with van der Waals surface area (Å²) in [6, 6.07) is 13.0. The van der Waals surface area contributed by atoms with Crippen LogP contribution in [-0.2, 0) is 12.8 Å². The molecule has 0 saturated carbocycles. The van der Waals surface area contributed by atoms with Crippen molar-refractivity contribution in [2.24, 2.45) is 0 Å². The summed E-state index contributed by atoms with van der Waals surface area (Å²) < 4.78 is 0. The average molecular weight is 322 g/mol. The van der Waals surface area contributed by atoms with Crippen LogP contribution in [0.1, 0.15) is 36.8 Å². The molecule has 0 amide bonds. The molecular formula is C20H22N2S. The summed E-state index contributed by atoms with van der Waals surface area (Å²) in [7, 11) is 0. The van der Waals surface area contributed by atoms with Gasteiger partial charge in [-0.15, -0.1) is 11.8 Å². The van der Waals surface area contributed by atoms with Gasteiger partial charge in [-0.2, -0.15) is 0 Å². The Morgan fingerprint density at radius 3 is 2.65 bits per heavy atom. The number of benzene rings is 1. The molecule has 0 atom stereocenters. The number of pyridine rings is 1. The van der Waals surface area contributed by atoms with Crippen molar-refractivity contribution in [3.63, 3.8) is 0 Å². The molecule has 118 valence electrons. The molecule has 3 aromatic rings. The number of nitrogens with one attached hydrogen (secondary N) is 1. The molecule has 0 unspecified atom stereocenters. The standard InChI is InChI=1S/C20H22N2S/c1-23-20-16-10-5-3-2-4-8-14(16)12-19(22-20)18-13-15-9-6-7-11-17(15)21-18/h6-7,9,11-13,21H,2-5,8,10H2,1H3. The van der Waals surface area contributed by atoms with Crippen LogP contribution in [0.3, 0.4) is 0 Å². The van der Waals surface area contributed by atoms with E-state index in [0.717, 1.165) is 11.4 Å². The number of aromatic amines is 1. The van der Waals surface area contributed by atoms with Crippen molar-refractivity contribution >= 4 is 22.7 Å². The van der Waals surface area contributed by atoms with Crippen LogP contribution in [-0.4, -0.2) is 16.2 Å². The third-order valence-electron chi connectivity index (χ3n) is 4.80. The molecule has 1 aliphatic rings. The molecule has 0 spiro atoms. The molecule has 0 fully saturated rings. The van der Waals surface area contributed by atoms with Gasteiger partial charge in [0, 0.05) is 10.9 Å². The van der Waals surface area contributed by atoms with Crippen LogP contribution in [0.2, 0.25) is 0 Å². The second-order valence-electron chi connectivity index (χ2n) is 6.34. The Labute approximate surface area is 141 Å². The van der Waals surface area contributed by atoms with E-state index in [-0.39, 0.29) is 0 Å². The lowest BCUT2D eigenvalue weighted by Gasteiger charge is -2.17. The molecule has 1 aromatic carbocycles. The van der Waals surface area contributed by atoms with Crippen molar-refractivity contribution in [2.75, 3.05) is 6.26 Å². The van der Waals surface area contributed by atoms with Crippen molar-refractivity contribution in [3.8, 4) is 11.4 Å². The maximum absolute atomic E-state index is 4.97. The van der Waals surface area contributed by atoms with Crippen LogP contribution < -0.4 is 0 Å². The highest BCUT2D eigenvalue weighted by atomic mass is 32.2. The molecule has 1 N–H and O–H groups in total. The van der Waals surface area contributed by atoms with E-state index in [2.05, 4.69) is 47.6 Å². The second-order valence-corrected chi connectivity index (χ2v) is 7.13. The van der Waals surface area contributed by atoms with Gasteiger partial charge in [-0.25, -0.2) is 4.98 Å². The number of aromatic nitrogens is 2. The third-order valence-corrected chi connectivity index (χ3v) is 5.53. The maximum atomic E-state index is 4.97. The zero-order chi connectivity index (χ0) is 15.6. The Morgan fingerprint density at radius 1 is 1.00 bits per heavy atom. The Morgan fingerprint density at radius 2 is 1.83 bits per heavy atom. The topological polar surface area (TPSA) is 28.7 Å². The van der Waals surface area contributed by atoms with Crippen molar-refractivity contribution in [3.05, 3.63) is 47.5 Å². The van der Waals surface area contributed by atoms with Gasteiger partial charge in [0.05, 0.1) is 16.4 Å². The zero-order valence-corrected chi connectivity index (χ0v) is 14.4. The summed E-state index contributed by atoms with van der Waals surface area (Å²) in [6.07, 6.45) is 9.85. The number of para-hydroxylation sites is 1. The van der Waals surface area contributed by atoms with Crippen LogP contribution >= 0.6 is 11.8 Å². The number of H-pyrrole nitrogens is 1. The van der Waals surface area contributed by atoms with E-state index in [0.29, 0.717) is 0 Å². The van der Waals surface area contributed by atoms with E-state index in [1.165, 1.54) is 65.6 Å². The molecular weight excluding hydrogens is 300 g/mol. The molecule has 1 aliphatic carbocycles. The average Bonchev–Trinajstić information content (AvgIpc) is 2.99. The highest BCUT2D eigenvalue weighted by Crippen LogP contribution is 2.32. The van der Waals surface area contributed by atoms with Gasteiger partial charge in [-0.3, -0.25) is 0 Å². The first-order valence-corrected chi connectivity index (χ1v) is 9.72. The molecule has 23 heavy (non-hydrogen) atoms. The molecule has 4 rings (SSSR count). The van der Waals surface area contributed by atoms with Crippen LogP contribution in [0.15, 0.2) is 41.4 Å². The molecule has 3 heteroatoms. The summed E-state index contributed by atoms with van der Waals surface area (Å²) >= 11 is 1.79. The fourth-order valence-electron chi connectivity index (χ4n) is 3.58. The largest absolute Gasteiger partial charge is 0.353 e. The van der Waals surface area contributed by atoms with Crippen LogP contribution in [0, 0.1) is 0 Å². The number of thioether (sulfide) groups is 1. The third kappa shape index (κ3) is 2.90. The lowest BCUT2D eigenvalue weighted by atomic mass is 9.94. The second kappa shape index (κ2) is 6.40. The predicted octanol–water partition coefficient (Wildman–Crippen LogP) is 5.61. The van der Waals surface area contributed by atoms with Crippen molar-refractivity contribution in [2.45, 2.75) is 43.6 Å². The van der Waals surface area contributed by atoms with E-state index in [4.69, 9.17) is 4.98 Å². The SMILES string of the molecule is CSc1nc(-c2cc3ccccc3[nH]2)cc2c1CCCCCC2. The van der Waals surface area contributed by atoms with Gasteiger partial charge < -0.3 is 4.98 Å². The normalized spacial score (nSPS) is 15.2. The van der Waals surface area contributed by atoms with E-state index in [1.54, 1.807) is 11.8 Å². The van der Waals surface area contributed by atoms with E-state index in [1.807, 2.05) is 0 Å². The lowest BCUT2D eigenvalue weighted by molar-refractivity contribution is 0.609. The number of fused-ring (bicyclic) bond motifs is 2. The number of aryl methyl sites for hydroxylation is 1. The first-order valence-electron chi connectivity index (χ1n) is 8.50. The number of hydrogen-bond donors (Lipinski definition) is 1. The van der Waals surface area contributed by atoms with Crippen molar-refractivity contribution in [1.82, 2.24) is 9.97 Å². The van der Waals surface area contributed by atoms with Gasteiger partial charge in [-0.1, -0.05) is 31.0 Å². The summed E-state index contributed by atoms with van der Waals surface area (Å²) in [5, 5.41) is 2.47. The summed E-state index contributed by atoms with van der Waals surface area (Å²) in [5.41, 5.74) is 6.41. The minimum atomic E-state index is 1.09. The molecule has 0 aliphatic heterocycles. The first kappa shape index (κ1) is 14.8. The minimum absolute atomic E-state index is 1.09. The first-order chi connectivity index (χ1) is 11.3. The Balaban J connectivity index is 1.83. The highest BCUT2D eigenvalue weighted by molar-refractivity contribution is 7.98. The van der Waals surface area contributed by atoms with E-state index >= 15 is 0 Å². The van der Waals surface area contributed by atoms with Crippen LogP contribution in [0.5, 0.6) is 0 Å². The quantitative estimate of drug-likeness (QED) is 0.621. The summed E-state index contributed by atoms with van der Waals surface area (Å²) in [4.78, 5) is 8.50. The van der Waals surface area contributed by atoms with E-state index in [9.17, 15) is 0 Å². The Bertz CT molecular complexity index is 802. The molecule has 2 heterocycles. The van der Waals surface area contributed by atoms with Gasteiger partial charge in [0.25, 0.3) is 0 Å². The maximum Gasteiger partial charge on any atom is 0.1000 e. The molecule has 0 bridgehead atoms. The summed E-state index contributed by atoms with van der Waals surface area (Å²) in [5.74, 6) is 0. The molecule has 2 nitrogen and oxygen atoms in total. The van der Waals surface area contributed by atoms with Crippen LogP contribution in [0.4, 0.5) is 0 Å². The number of rotatable bonds is 2. The van der Waals surface area contributed by atoms with Gasteiger partial charge >= 0.3 is 0 Å². The smallest absolute Gasteiger partial charge is 0.1000 e. The Hall–Kier alpha value is -1.74. The molecule has 0 radical (unpaired) electrons. The van der Waals surface area contributed by atoms with Gasteiger partial charge in [0.2, 0.25) is 0 Å². The van der Waals surface area contributed by atoms with Gasteiger partial charge in [-0.05, 0) is 61.3 Å². The fourth-order valence-corrected chi connectivity index (χ4v) is 4.25. The van der Waals surface area contributed by atoms with Crippen molar-refractivity contribution < 1.29 is 0 Å². The predicted molar refractivity (Wildman–Crippen MR) is 99.2 cm³/mol.